The van der Waals surface area contributed by atoms with Gasteiger partial charge in [0.2, 0.25) is 6.41 Å². The minimum absolute atomic E-state index is 0.149. The normalized spacial score (nSPS) is 17.6. The number of amides is 2. The van der Waals surface area contributed by atoms with Crippen molar-refractivity contribution in [1.82, 2.24) is 14.7 Å². The molecule has 10 heteroatoms. The number of morpholine rings is 1. The molecule has 2 aliphatic rings. The number of carbonyl (C=O) groups excluding carboxylic acids is 2. The van der Waals surface area contributed by atoms with Gasteiger partial charge >= 0.3 is 0 Å². The number of anilines is 1. The van der Waals surface area contributed by atoms with Gasteiger partial charge < -0.3 is 19.9 Å². The van der Waals surface area contributed by atoms with E-state index < -0.39 is 4.92 Å². The van der Waals surface area contributed by atoms with Crippen molar-refractivity contribution in [3.8, 4) is 0 Å². The fourth-order valence-electron chi connectivity index (χ4n) is 4.25. The number of likely N-dealkylation sites (tertiary alicyclic amines) is 1. The van der Waals surface area contributed by atoms with Crippen molar-refractivity contribution in [3.05, 3.63) is 33.9 Å². The molecule has 1 N–H and O–H groups in total. The van der Waals surface area contributed by atoms with Crippen molar-refractivity contribution in [2.45, 2.75) is 25.7 Å². The van der Waals surface area contributed by atoms with Crippen LogP contribution in [0.1, 0.15) is 36.0 Å². The summed E-state index contributed by atoms with van der Waals surface area (Å²) < 4.78 is 5.39. The Bertz CT molecular complexity index is 778. The van der Waals surface area contributed by atoms with E-state index in [-0.39, 0.29) is 22.8 Å². The molecule has 2 fully saturated rings. The number of nitro benzene ring substituents is 1. The predicted octanol–water partition coefficient (Wildman–Crippen LogP) is 1.81. The highest BCUT2D eigenvalue weighted by molar-refractivity contribution is 6.02. The van der Waals surface area contributed by atoms with E-state index in [1.165, 1.54) is 37.5 Å². The molecule has 0 radical (unpaired) electrons. The summed E-state index contributed by atoms with van der Waals surface area (Å²) in [7, 11) is 0. The number of ether oxygens (including phenoxy) is 1. The lowest BCUT2D eigenvalue weighted by Gasteiger charge is -2.31. The summed E-state index contributed by atoms with van der Waals surface area (Å²) >= 11 is 0. The Morgan fingerprint density at radius 1 is 1.09 bits per heavy atom. The van der Waals surface area contributed by atoms with Crippen LogP contribution in [0.5, 0.6) is 0 Å². The molecule has 1 aromatic carbocycles. The predicted molar refractivity (Wildman–Crippen MR) is 121 cm³/mol. The summed E-state index contributed by atoms with van der Waals surface area (Å²) in [5.41, 5.74) is 0.261. The minimum Gasteiger partial charge on any atom is -0.379 e. The lowest BCUT2D eigenvalue weighted by Crippen LogP contribution is -2.42. The van der Waals surface area contributed by atoms with Gasteiger partial charge in [0.05, 0.1) is 29.4 Å². The topological polar surface area (TPSA) is 108 Å². The van der Waals surface area contributed by atoms with E-state index in [1.54, 1.807) is 4.90 Å². The van der Waals surface area contributed by atoms with Crippen molar-refractivity contribution >= 4 is 23.7 Å². The van der Waals surface area contributed by atoms with Gasteiger partial charge in [0.1, 0.15) is 0 Å². The molecule has 2 saturated heterocycles. The van der Waals surface area contributed by atoms with Crippen LogP contribution in [0.2, 0.25) is 0 Å². The van der Waals surface area contributed by atoms with Gasteiger partial charge in [-0.05, 0) is 38.4 Å². The first-order valence-electron chi connectivity index (χ1n) is 11.4. The molecule has 32 heavy (non-hydrogen) atoms. The molecule has 2 amide bonds. The Labute approximate surface area is 188 Å². The van der Waals surface area contributed by atoms with E-state index in [2.05, 4.69) is 15.1 Å². The highest BCUT2D eigenvalue weighted by atomic mass is 16.6. The summed E-state index contributed by atoms with van der Waals surface area (Å²) in [6.07, 6.45) is 4.87. The van der Waals surface area contributed by atoms with E-state index in [0.717, 1.165) is 58.9 Å². The smallest absolute Gasteiger partial charge is 0.270 e. The molecular weight excluding hydrogens is 414 g/mol. The second-order valence-electron chi connectivity index (χ2n) is 8.25. The zero-order valence-corrected chi connectivity index (χ0v) is 18.5. The summed E-state index contributed by atoms with van der Waals surface area (Å²) in [6, 6.07) is 3.96. The molecule has 0 atom stereocenters. The number of nitrogens with one attached hydrogen (secondary N) is 1. The monoisotopic (exact) mass is 447 g/mol. The standard InChI is InChI=1S/C22H33N5O5/c28-18-23-21-6-5-19(27(30)31)17-20(21)22(29)26(12-11-24-7-2-1-3-8-24)10-4-9-25-13-15-32-16-14-25/h5-6,17-18H,1-4,7-16H2,(H,23,28). The van der Waals surface area contributed by atoms with Crippen LogP contribution in [0.15, 0.2) is 18.2 Å². The number of benzene rings is 1. The van der Waals surface area contributed by atoms with Gasteiger partial charge in [-0.3, -0.25) is 24.6 Å². The van der Waals surface area contributed by atoms with Crippen LogP contribution in [0.3, 0.4) is 0 Å². The fraction of sp³-hybridized carbons (Fsp3) is 0.636. The Kier molecular flexibility index (Phi) is 9.39. The quantitative estimate of drug-likeness (QED) is 0.313. The second kappa shape index (κ2) is 12.5. The van der Waals surface area contributed by atoms with Gasteiger partial charge in [-0.15, -0.1) is 0 Å². The van der Waals surface area contributed by atoms with Crippen molar-refractivity contribution in [2.24, 2.45) is 0 Å². The van der Waals surface area contributed by atoms with Gasteiger partial charge in [-0.25, -0.2) is 0 Å². The molecule has 0 saturated carbocycles. The molecule has 2 heterocycles. The van der Waals surface area contributed by atoms with E-state index in [1.807, 2.05) is 0 Å². The second-order valence-corrected chi connectivity index (χ2v) is 8.25. The molecule has 10 nitrogen and oxygen atoms in total. The number of rotatable bonds is 11. The van der Waals surface area contributed by atoms with Crippen molar-refractivity contribution in [2.75, 3.05) is 70.9 Å². The van der Waals surface area contributed by atoms with Crippen LogP contribution in [0.25, 0.3) is 0 Å². The van der Waals surface area contributed by atoms with Crippen molar-refractivity contribution in [3.63, 3.8) is 0 Å². The molecule has 3 rings (SSSR count). The molecule has 2 aliphatic heterocycles. The SMILES string of the molecule is O=CNc1ccc([N+](=O)[O-])cc1C(=O)N(CCCN1CCOCC1)CCN1CCCCC1. The minimum atomic E-state index is -0.530. The number of hydrogen-bond acceptors (Lipinski definition) is 7. The van der Waals surface area contributed by atoms with E-state index in [9.17, 15) is 19.7 Å². The summed E-state index contributed by atoms with van der Waals surface area (Å²) in [6.45, 7) is 8.03. The Morgan fingerprint density at radius 3 is 2.50 bits per heavy atom. The van der Waals surface area contributed by atoms with Crippen molar-refractivity contribution < 1.29 is 19.2 Å². The van der Waals surface area contributed by atoms with Crippen molar-refractivity contribution in [1.29, 1.82) is 0 Å². The number of piperidine rings is 1. The molecule has 1 aromatic rings. The van der Waals surface area contributed by atoms with Crippen LogP contribution < -0.4 is 5.32 Å². The van der Waals surface area contributed by atoms with Gasteiger partial charge in [-0.2, -0.15) is 0 Å². The van der Waals surface area contributed by atoms with Gasteiger partial charge in [0.15, 0.2) is 0 Å². The molecule has 0 aromatic heterocycles. The van der Waals surface area contributed by atoms with E-state index in [0.29, 0.717) is 19.5 Å². The first-order chi connectivity index (χ1) is 15.6. The molecule has 0 aliphatic carbocycles. The summed E-state index contributed by atoms with van der Waals surface area (Å²) in [5.74, 6) is -0.294. The summed E-state index contributed by atoms with van der Waals surface area (Å²) in [5, 5.41) is 13.8. The Balaban J connectivity index is 1.72. The third kappa shape index (κ3) is 6.98. The molecule has 0 bridgehead atoms. The first kappa shape index (κ1) is 24.1. The Morgan fingerprint density at radius 2 is 1.81 bits per heavy atom. The number of carbonyl (C=O) groups is 2. The largest absolute Gasteiger partial charge is 0.379 e. The van der Waals surface area contributed by atoms with Crippen LogP contribution in [-0.2, 0) is 9.53 Å². The third-order valence-corrected chi connectivity index (χ3v) is 6.09. The Hall–Kier alpha value is -2.56. The summed E-state index contributed by atoms with van der Waals surface area (Å²) in [4.78, 5) is 41.7. The van der Waals surface area contributed by atoms with Crippen LogP contribution in [-0.4, -0.2) is 97.5 Å². The number of nitrogens with zero attached hydrogens (tertiary/aromatic N) is 4. The number of hydrogen-bond donors (Lipinski definition) is 1. The van der Waals surface area contributed by atoms with E-state index in [4.69, 9.17) is 4.74 Å². The van der Waals surface area contributed by atoms with Gasteiger partial charge in [0, 0.05) is 51.4 Å². The molecular formula is C22H33N5O5. The lowest BCUT2D eigenvalue weighted by atomic mass is 10.1. The van der Waals surface area contributed by atoms with Gasteiger partial charge in [-0.1, -0.05) is 6.42 Å². The molecule has 0 unspecified atom stereocenters. The zero-order chi connectivity index (χ0) is 22.8. The highest BCUT2D eigenvalue weighted by Crippen LogP contribution is 2.24. The van der Waals surface area contributed by atoms with Crippen LogP contribution >= 0.6 is 0 Å². The van der Waals surface area contributed by atoms with E-state index >= 15 is 0 Å². The average molecular weight is 448 g/mol. The molecule has 0 spiro atoms. The fourth-order valence-corrected chi connectivity index (χ4v) is 4.25. The zero-order valence-electron chi connectivity index (χ0n) is 18.5. The number of non-ortho nitro benzene ring substituents is 1. The maximum absolute atomic E-state index is 13.5. The first-order valence-corrected chi connectivity index (χ1v) is 11.4. The number of nitro groups is 1. The molecule has 176 valence electrons. The van der Waals surface area contributed by atoms with Crippen LogP contribution in [0, 0.1) is 10.1 Å². The average Bonchev–Trinajstić information content (AvgIpc) is 2.82. The maximum Gasteiger partial charge on any atom is 0.270 e. The lowest BCUT2D eigenvalue weighted by molar-refractivity contribution is -0.384. The van der Waals surface area contributed by atoms with Gasteiger partial charge in [0.25, 0.3) is 11.6 Å². The van der Waals surface area contributed by atoms with Crippen LogP contribution in [0.4, 0.5) is 11.4 Å². The third-order valence-electron chi connectivity index (χ3n) is 6.09. The highest BCUT2D eigenvalue weighted by Gasteiger charge is 2.23. The maximum atomic E-state index is 13.5.